The Balaban J connectivity index is 2.82. The number of rotatable bonds is 7. The van der Waals surface area contributed by atoms with Gasteiger partial charge in [-0.3, -0.25) is 9.59 Å². The van der Waals surface area contributed by atoms with E-state index in [1.807, 2.05) is 27.7 Å². The highest BCUT2D eigenvalue weighted by Crippen LogP contribution is 2.09. The number of hydrogen-bond acceptors (Lipinski definition) is 2. The van der Waals surface area contributed by atoms with Gasteiger partial charge in [-0.15, -0.1) is 0 Å². The summed E-state index contributed by atoms with van der Waals surface area (Å²) in [5.74, 6) is -1.49. The summed E-state index contributed by atoms with van der Waals surface area (Å²) in [5, 5.41) is 5.56. The molecule has 0 spiro atoms. The Hall–Kier alpha value is -1.91. The molecule has 0 aliphatic rings. The molecule has 5 heteroatoms. The molecule has 0 aliphatic carbocycles. The molecule has 1 rings (SSSR count). The van der Waals surface area contributed by atoms with Crippen molar-refractivity contribution in [2.75, 3.05) is 0 Å². The highest BCUT2D eigenvalue weighted by Gasteiger charge is 2.26. The van der Waals surface area contributed by atoms with Crippen LogP contribution < -0.4 is 10.6 Å². The molecule has 122 valence electrons. The second kappa shape index (κ2) is 8.51. The second-order valence-electron chi connectivity index (χ2n) is 5.70. The van der Waals surface area contributed by atoms with E-state index in [4.69, 9.17) is 0 Å². The summed E-state index contributed by atoms with van der Waals surface area (Å²) in [5.41, 5.74) is -0.0523. The monoisotopic (exact) mass is 308 g/mol. The molecule has 22 heavy (non-hydrogen) atoms. The lowest BCUT2D eigenvalue weighted by Gasteiger charge is -2.24. The first-order valence-corrected chi connectivity index (χ1v) is 7.76. The van der Waals surface area contributed by atoms with Crippen LogP contribution in [-0.2, 0) is 4.79 Å². The summed E-state index contributed by atoms with van der Waals surface area (Å²) in [7, 11) is 0. The molecule has 0 aliphatic heterocycles. The zero-order chi connectivity index (χ0) is 16.7. The molecule has 1 aromatic carbocycles. The summed E-state index contributed by atoms with van der Waals surface area (Å²) in [4.78, 5) is 24.5. The summed E-state index contributed by atoms with van der Waals surface area (Å²) in [6, 6.07) is 5.13. The molecule has 4 nitrogen and oxygen atoms in total. The Morgan fingerprint density at radius 1 is 1.09 bits per heavy atom. The molecule has 0 bridgehead atoms. The van der Waals surface area contributed by atoms with Gasteiger partial charge in [0.25, 0.3) is 5.91 Å². The van der Waals surface area contributed by atoms with Gasteiger partial charge in [0, 0.05) is 6.04 Å². The smallest absolute Gasteiger partial charge is 0.254 e. The van der Waals surface area contributed by atoms with Crippen molar-refractivity contribution in [1.82, 2.24) is 10.6 Å². The first kappa shape index (κ1) is 18.1. The third-order valence-electron chi connectivity index (χ3n) is 3.69. The zero-order valence-corrected chi connectivity index (χ0v) is 13.7. The van der Waals surface area contributed by atoms with E-state index in [1.165, 1.54) is 18.2 Å². The molecule has 0 radical (unpaired) electrons. The van der Waals surface area contributed by atoms with E-state index in [1.54, 1.807) is 6.07 Å². The van der Waals surface area contributed by atoms with Crippen LogP contribution in [0.25, 0.3) is 0 Å². The quantitative estimate of drug-likeness (QED) is 0.813. The Morgan fingerprint density at radius 2 is 1.68 bits per heavy atom. The Bertz CT molecular complexity index is 513. The maximum atomic E-state index is 13.7. The maximum Gasteiger partial charge on any atom is 0.254 e. The van der Waals surface area contributed by atoms with Crippen LogP contribution in [0, 0.1) is 11.7 Å². The lowest BCUT2D eigenvalue weighted by Crippen LogP contribution is -2.52. The van der Waals surface area contributed by atoms with E-state index in [9.17, 15) is 14.0 Å². The molecule has 0 saturated heterocycles. The fourth-order valence-electron chi connectivity index (χ4n) is 2.18. The summed E-state index contributed by atoms with van der Waals surface area (Å²) in [6.45, 7) is 7.69. The van der Waals surface area contributed by atoms with E-state index in [2.05, 4.69) is 10.6 Å². The van der Waals surface area contributed by atoms with Crippen LogP contribution in [0.15, 0.2) is 24.3 Å². The van der Waals surface area contributed by atoms with Crippen LogP contribution in [0.2, 0.25) is 0 Å². The molecule has 0 saturated carbocycles. The van der Waals surface area contributed by atoms with E-state index < -0.39 is 17.8 Å². The minimum absolute atomic E-state index is 0.0523. The summed E-state index contributed by atoms with van der Waals surface area (Å²) >= 11 is 0. The highest BCUT2D eigenvalue weighted by atomic mass is 19.1. The standard InChI is InChI=1S/C17H25FN2O2/c1-5-12(6-2)19-17(22)15(11(3)4)20-16(21)13-9-7-8-10-14(13)18/h7-12,15H,5-6H2,1-4H3,(H,19,22)(H,20,21). The van der Waals surface area contributed by atoms with E-state index in [0.717, 1.165) is 12.8 Å². The van der Waals surface area contributed by atoms with Crippen LogP contribution in [0.3, 0.4) is 0 Å². The van der Waals surface area contributed by atoms with Gasteiger partial charge >= 0.3 is 0 Å². The summed E-state index contributed by atoms with van der Waals surface area (Å²) in [6.07, 6.45) is 1.66. The van der Waals surface area contributed by atoms with Gasteiger partial charge in [0.05, 0.1) is 5.56 Å². The van der Waals surface area contributed by atoms with Crippen LogP contribution in [0.5, 0.6) is 0 Å². The van der Waals surface area contributed by atoms with Crippen LogP contribution in [0.4, 0.5) is 4.39 Å². The van der Waals surface area contributed by atoms with Crippen molar-refractivity contribution >= 4 is 11.8 Å². The molecule has 1 unspecified atom stereocenters. The van der Waals surface area contributed by atoms with Crippen molar-refractivity contribution in [3.05, 3.63) is 35.6 Å². The van der Waals surface area contributed by atoms with Crippen molar-refractivity contribution in [3.63, 3.8) is 0 Å². The van der Waals surface area contributed by atoms with Crippen LogP contribution in [0.1, 0.15) is 50.9 Å². The fraction of sp³-hybridized carbons (Fsp3) is 0.529. The maximum absolute atomic E-state index is 13.7. The first-order chi connectivity index (χ1) is 10.4. The molecule has 2 amide bonds. The van der Waals surface area contributed by atoms with Crippen molar-refractivity contribution in [2.45, 2.75) is 52.6 Å². The lowest BCUT2D eigenvalue weighted by atomic mass is 10.0. The van der Waals surface area contributed by atoms with Gasteiger partial charge in [-0.25, -0.2) is 4.39 Å². The van der Waals surface area contributed by atoms with E-state index in [0.29, 0.717) is 0 Å². The third-order valence-corrected chi connectivity index (χ3v) is 3.69. The van der Waals surface area contributed by atoms with Gasteiger partial charge < -0.3 is 10.6 Å². The third kappa shape index (κ3) is 4.83. The van der Waals surface area contributed by atoms with Gasteiger partial charge in [-0.2, -0.15) is 0 Å². The number of carbonyl (C=O) groups excluding carboxylic acids is 2. The van der Waals surface area contributed by atoms with E-state index >= 15 is 0 Å². The Labute approximate surface area is 131 Å². The van der Waals surface area contributed by atoms with Gasteiger partial charge in [0.2, 0.25) is 5.91 Å². The normalized spacial score (nSPS) is 12.3. The number of halogens is 1. The minimum atomic E-state index is -0.687. The Morgan fingerprint density at radius 3 is 2.18 bits per heavy atom. The number of carbonyl (C=O) groups is 2. The second-order valence-corrected chi connectivity index (χ2v) is 5.70. The lowest BCUT2D eigenvalue weighted by molar-refractivity contribution is -0.124. The summed E-state index contributed by atoms with van der Waals surface area (Å²) < 4.78 is 13.7. The van der Waals surface area contributed by atoms with Crippen molar-refractivity contribution in [2.24, 2.45) is 5.92 Å². The average Bonchev–Trinajstić information content (AvgIpc) is 2.49. The number of hydrogen-bond donors (Lipinski definition) is 2. The van der Waals surface area contributed by atoms with Crippen molar-refractivity contribution < 1.29 is 14.0 Å². The van der Waals surface area contributed by atoms with Crippen molar-refractivity contribution in [1.29, 1.82) is 0 Å². The molecular formula is C17H25FN2O2. The van der Waals surface area contributed by atoms with Gasteiger partial charge in [-0.05, 0) is 30.9 Å². The molecular weight excluding hydrogens is 283 g/mol. The van der Waals surface area contributed by atoms with Gasteiger partial charge in [0.15, 0.2) is 0 Å². The topological polar surface area (TPSA) is 58.2 Å². The predicted octanol–water partition coefficient (Wildman–Crippen LogP) is 2.88. The van der Waals surface area contributed by atoms with Gasteiger partial charge in [0.1, 0.15) is 11.9 Å². The number of amides is 2. The number of benzene rings is 1. The SMILES string of the molecule is CCC(CC)NC(=O)C(NC(=O)c1ccccc1F)C(C)C. The molecule has 2 N–H and O–H groups in total. The largest absolute Gasteiger partial charge is 0.352 e. The number of nitrogens with one attached hydrogen (secondary N) is 2. The van der Waals surface area contributed by atoms with Crippen molar-refractivity contribution in [3.8, 4) is 0 Å². The molecule has 0 aromatic heterocycles. The predicted molar refractivity (Wildman–Crippen MR) is 85.0 cm³/mol. The highest BCUT2D eigenvalue weighted by molar-refractivity contribution is 5.97. The van der Waals surface area contributed by atoms with Crippen LogP contribution in [-0.4, -0.2) is 23.9 Å². The van der Waals surface area contributed by atoms with Crippen LogP contribution >= 0.6 is 0 Å². The Kier molecular flexibility index (Phi) is 7.02. The van der Waals surface area contributed by atoms with Gasteiger partial charge in [-0.1, -0.05) is 39.8 Å². The molecule has 0 heterocycles. The molecule has 1 aromatic rings. The average molecular weight is 308 g/mol. The zero-order valence-electron chi connectivity index (χ0n) is 13.7. The molecule has 0 fully saturated rings. The fourth-order valence-corrected chi connectivity index (χ4v) is 2.18. The van der Waals surface area contributed by atoms with E-state index in [-0.39, 0.29) is 23.4 Å². The molecule has 1 atom stereocenters. The minimum Gasteiger partial charge on any atom is -0.352 e. The first-order valence-electron chi connectivity index (χ1n) is 7.76.